The summed E-state index contributed by atoms with van der Waals surface area (Å²) in [7, 11) is -3.32. The van der Waals surface area contributed by atoms with Crippen LogP contribution in [0.15, 0.2) is 70.2 Å². The molecule has 134 valence electrons. The number of sulfone groups is 1. The fourth-order valence-electron chi connectivity index (χ4n) is 3.00. The van der Waals surface area contributed by atoms with Gasteiger partial charge in [-0.25, -0.2) is 8.42 Å². The summed E-state index contributed by atoms with van der Waals surface area (Å²) in [6.07, 6.45) is 7.02. The maximum absolute atomic E-state index is 12.3. The lowest BCUT2D eigenvalue weighted by atomic mass is 9.72. The van der Waals surface area contributed by atoms with Crippen LogP contribution in [0.1, 0.15) is 40.5 Å². The smallest absolute Gasteiger partial charge is 0.181 e. The number of hydrogen-bond donors (Lipinski definition) is 0. The monoisotopic (exact) mass is 358 g/mol. The first-order chi connectivity index (χ1) is 11.6. The number of carbonyl (C=O) groups is 1. The molecule has 0 fully saturated rings. The van der Waals surface area contributed by atoms with Crippen LogP contribution in [0, 0.1) is 5.41 Å². The third kappa shape index (κ3) is 4.79. The zero-order valence-corrected chi connectivity index (χ0v) is 16.2. The topological polar surface area (TPSA) is 51.2 Å². The summed E-state index contributed by atoms with van der Waals surface area (Å²) >= 11 is 0. The number of hydrogen-bond acceptors (Lipinski definition) is 3. The molecule has 1 aliphatic carbocycles. The molecule has 3 nitrogen and oxygen atoms in total. The summed E-state index contributed by atoms with van der Waals surface area (Å²) in [6.45, 7) is 8.04. The van der Waals surface area contributed by atoms with E-state index in [0.29, 0.717) is 11.3 Å². The second-order valence-corrected chi connectivity index (χ2v) is 9.26. The van der Waals surface area contributed by atoms with E-state index < -0.39 is 9.84 Å². The fourth-order valence-corrected chi connectivity index (χ4v) is 4.25. The van der Waals surface area contributed by atoms with Gasteiger partial charge in [0.15, 0.2) is 15.6 Å². The maximum atomic E-state index is 12.3. The zero-order valence-electron chi connectivity index (χ0n) is 15.4. The van der Waals surface area contributed by atoms with Gasteiger partial charge < -0.3 is 0 Å². The van der Waals surface area contributed by atoms with Crippen LogP contribution in [0.4, 0.5) is 0 Å². The predicted octanol–water partition coefficient (Wildman–Crippen LogP) is 4.67. The van der Waals surface area contributed by atoms with Crippen molar-refractivity contribution in [3.05, 3.63) is 65.3 Å². The van der Waals surface area contributed by atoms with E-state index in [1.807, 2.05) is 26.0 Å². The van der Waals surface area contributed by atoms with Gasteiger partial charge in [0, 0.05) is 6.42 Å². The van der Waals surface area contributed by atoms with Gasteiger partial charge in [-0.3, -0.25) is 4.79 Å². The Balaban J connectivity index is 2.17. The molecular weight excluding hydrogens is 332 g/mol. The minimum atomic E-state index is -3.32. The van der Waals surface area contributed by atoms with Gasteiger partial charge in [0.25, 0.3) is 0 Å². The second-order valence-electron chi connectivity index (χ2n) is 7.22. The summed E-state index contributed by atoms with van der Waals surface area (Å²) in [5.41, 5.74) is 2.69. The van der Waals surface area contributed by atoms with Gasteiger partial charge in [-0.05, 0) is 49.0 Å². The van der Waals surface area contributed by atoms with Crippen molar-refractivity contribution in [3.63, 3.8) is 0 Å². The van der Waals surface area contributed by atoms with E-state index in [1.165, 1.54) is 0 Å². The van der Waals surface area contributed by atoms with E-state index in [0.717, 1.165) is 23.1 Å². The van der Waals surface area contributed by atoms with Gasteiger partial charge in [0.2, 0.25) is 0 Å². The summed E-state index contributed by atoms with van der Waals surface area (Å²) in [6, 6.07) is 8.46. The van der Waals surface area contributed by atoms with E-state index in [1.54, 1.807) is 36.4 Å². The van der Waals surface area contributed by atoms with Crippen molar-refractivity contribution in [2.75, 3.05) is 5.75 Å². The molecule has 0 amide bonds. The fraction of sp³-hybridized carbons (Fsp3) is 0.381. The molecule has 0 aromatic heterocycles. The summed E-state index contributed by atoms with van der Waals surface area (Å²) in [5, 5.41) is 0. The van der Waals surface area contributed by atoms with Crippen molar-refractivity contribution in [1.82, 2.24) is 0 Å². The maximum Gasteiger partial charge on any atom is 0.181 e. The van der Waals surface area contributed by atoms with E-state index in [-0.39, 0.29) is 17.0 Å². The number of Topliss-reactive ketones (excluding diaryl/α,β-unsaturated/α-hetero) is 1. The standard InChI is InChI=1S/C21H26O3S/c1-16(13-15-25(23,24)18-8-6-5-7-9-18)10-11-19-17(2)20(22)12-14-21(19,3)4/h5-11,13H,12,14-15H2,1-4H3/b11-10+,16-13+. The van der Waals surface area contributed by atoms with Crippen LogP contribution < -0.4 is 0 Å². The van der Waals surface area contributed by atoms with Crippen LogP contribution in [0.2, 0.25) is 0 Å². The van der Waals surface area contributed by atoms with Gasteiger partial charge in [0.1, 0.15) is 0 Å². The van der Waals surface area contributed by atoms with Gasteiger partial charge >= 0.3 is 0 Å². The molecule has 0 N–H and O–H groups in total. The lowest BCUT2D eigenvalue weighted by molar-refractivity contribution is -0.116. The SMILES string of the molecule is CC1=C(/C=C/C(C)=C/CS(=O)(=O)c2ccccc2)C(C)(C)CCC1=O. The highest BCUT2D eigenvalue weighted by atomic mass is 32.2. The molecule has 0 atom stereocenters. The van der Waals surface area contributed by atoms with E-state index >= 15 is 0 Å². The molecule has 4 heteroatoms. The van der Waals surface area contributed by atoms with Crippen LogP contribution in [0.5, 0.6) is 0 Å². The molecule has 0 heterocycles. The third-order valence-corrected chi connectivity index (χ3v) is 6.36. The van der Waals surface area contributed by atoms with Crippen LogP contribution in [-0.2, 0) is 14.6 Å². The quantitative estimate of drug-likeness (QED) is 0.719. The minimum Gasteiger partial charge on any atom is -0.295 e. The normalized spacial score (nSPS) is 18.9. The second kappa shape index (κ2) is 7.52. The van der Waals surface area contributed by atoms with E-state index in [2.05, 4.69) is 13.8 Å². The Hall–Kier alpha value is -1.94. The van der Waals surface area contributed by atoms with Gasteiger partial charge in [0.05, 0.1) is 10.6 Å². The minimum absolute atomic E-state index is 0.0342. The van der Waals surface area contributed by atoms with Gasteiger partial charge in [-0.2, -0.15) is 0 Å². The Morgan fingerprint density at radius 3 is 2.48 bits per heavy atom. The average molecular weight is 359 g/mol. The van der Waals surface area contributed by atoms with Crippen LogP contribution >= 0.6 is 0 Å². The Labute approximate surface area is 151 Å². The van der Waals surface area contributed by atoms with Crippen molar-refractivity contribution < 1.29 is 13.2 Å². The molecule has 2 rings (SSSR count). The van der Waals surface area contributed by atoms with Crippen molar-refractivity contribution in [2.45, 2.75) is 45.4 Å². The zero-order chi connectivity index (χ0) is 18.7. The predicted molar refractivity (Wildman–Crippen MR) is 102 cm³/mol. The Morgan fingerprint density at radius 2 is 1.84 bits per heavy atom. The molecule has 0 spiro atoms. The molecule has 0 unspecified atom stereocenters. The average Bonchev–Trinajstić information content (AvgIpc) is 2.57. The molecule has 0 saturated heterocycles. The Morgan fingerprint density at radius 1 is 1.20 bits per heavy atom. The number of ketones is 1. The Kier molecular flexibility index (Phi) is 5.83. The molecule has 25 heavy (non-hydrogen) atoms. The lowest BCUT2D eigenvalue weighted by Gasteiger charge is -2.32. The third-order valence-electron chi connectivity index (χ3n) is 4.77. The number of benzene rings is 1. The summed E-state index contributed by atoms with van der Waals surface area (Å²) in [5.74, 6) is 0.167. The molecule has 0 radical (unpaired) electrons. The van der Waals surface area contributed by atoms with E-state index in [4.69, 9.17) is 0 Å². The molecule has 0 bridgehead atoms. The van der Waals surface area contributed by atoms with Crippen LogP contribution in [0.25, 0.3) is 0 Å². The van der Waals surface area contributed by atoms with Crippen molar-refractivity contribution >= 4 is 15.6 Å². The molecule has 1 aromatic carbocycles. The first-order valence-electron chi connectivity index (χ1n) is 8.51. The van der Waals surface area contributed by atoms with Crippen molar-refractivity contribution in [2.24, 2.45) is 5.41 Å². The highest BCUT2D eigenvalue weighted by Gasteiger charge is 2.30. The first kappa shape index (κ1) is 19.4. The molecule has 1 aliphatic rings. The molecule has 1 aromatic rings. The van der Waals surface area contributed by atoms with E-state index in [9.17, 15) is 13.2 Å². The summed E-state index contributed by atoms with van der Waals surface area (Å²) < 4.78 is 24.6. The number of carbonyl (C=O) groups excluding carboxylic acids is 1. The van der Waals surface area contributed by atoms with Crippen molar-refractivity contribution in [3.8, 4) is 0 Å². The number of rotatable bonds is 5. The van der Waals surface area contributed by atoms with Gasteiger partial charge in [-0.15, -0.1) is 0 Å². The largest absolute Gasteiger partial charge is 0.295 e. The van der Waals surface area contributed by atoms with Gasteiger partial charge in [-0.1, -0.05) is 55.8 Å². The lowest BCUT2D eigenvalue weighted by Crippen LogP contribution is -2.24. The molecule has 0 aliphatic heterocycles. The number of allylic oxidation sites excluding steroid dienone is 5. The van der Waals surface area contributed by atoms with Crippen molar-refractivity contribution in [1.29, 1.82) is 0 Å². The first-order valence-corrected chi connectivity index (χ1v) is 10.2. The highest BCUT2D eigenvalue weighted by Crippen LogP contribution is 2.39. The highest BCUT2D eigenvalue weighted by molar-refractivity contribution is 7.91. The van der Waals surface area contributed by atoms with Crippen LogP contribution in [-0.4, -0.2) is 20.0 Å². The summed E-state index contributed by atoms with van der Waals surface area (Å²) in [4.78, 5) is 12.3. The van der Waals surface area contributed by atoms with Crippen LogP contribution in [0.3, 0.4) is 0 Å². The molecule has 0 saturated carbocycles. The molecular formula is C21H26O3S. The Bertz CT molecular complexity index is 838.